The van der Waals surface area contributed by atoms with Crippen molar-refractivity contribution in [1.82, 2.24) is 4.98 Å². The van der Waals surface area contributed by atoms with Crippen molar-refractivity contribution in [2.45, 2.75) is 37.5 Å². The standard InChI is InChI=1S/C16H20N2S/c1-2-19-14-9-8-13(11-14)17-16-10-7-12-5-3-4-6-15(12)18-16/h3-7,10,13-14H,2,8-9,11H2,1H3,(H,17,18). The van der Waals surface area contributed by atoms with Gasteiger partial charge < -0.3 is 5.32 Å². The fourth-order valence-electron chi connectivity index (χ4n) is 2.81. The molecule has 0 amide bonds. The SMILES string of the molecule is CCSC1CCC(Nc2ccc3ccccc3n2)C1. The molecule has 2 atom stereocenters. The summed E-state index contributed by atoms with van der Waals surface area (Å²) in [5.74, 6) is 2.25. The summed E-state index contributed by atoms with van der Waals surface area (Å²) in [6.45, 7) is 2.25. The van der Waals surface area contributed by atoms with Crippen LogP contribution >= 0.6 is 11.8 Å². The second-order valence-electron chi connectivity index (χ2n) is 5.12. The van der Waals surface area contributed by atoms with Crippen LogP contribution in [0, 0.1) is 0 Å². The number of anilines is 1. The van der Waals surface area contributed by atoms with Crippen LogP contribution in [0.5, 0.6) is 0 Å². The van der Waals surface area contributed by atoms with Crippen LogP contribution < -0.4 is 5.32 Å². The lowest BCUT2D eigenvalue weighted by Crippen LogP contribution is -2.16. The van der Waals surface area contributed by atoms with Gasteiger partial charge in [0.15, 0.2) is 0 Å². The zero-order chi connectivity index (χ0) is 13.1. The molecular weight excluding hydrogens is 252 g/mol. The molecule has 1 heterocycles. The molecule has 2 unspecified atom stereocenters. The Kier molecular flexibility index (Phi) is 3.92. The second-order valence-corrected chi connectivity index (χ2v) is 6.70. The number of aromatic nitrogens is 1. The van der Waals surface area contributed by atoms with Gasteiger partial charge in [0.1, 0.15) is 5.82 Å². The largest absolute Gasteiger partial charge is 0.367 e. The van der Waals surface area contributed by atoms with E-state index < -0.39 is 0 Å². The highest BCUT2D eigenvalue weighted by Gasteiger charge is 2.24. The van der Waals surface area contributed by atoms with Gasteiger partial charge in [-0.1, -0.05) is 25.1 Å². The maximum atomic E-state index is 4.69. The van der Waals surface area contributed by atoms with Crippen LogP contribution in [0.25, 0.3) is 10.9 Å². The number of fused-ring (bicyclic) bond motifs is 1. The second kappa shape index (κ2) is 5.83. The fourth-order valence-corrected chi connectivity index (χ4v) is 3.96. The van der Waals surface area contributed by atoms with E-state index in [1.165, 1.54) is 30.4 Å². The van der Waals surface area contributed by atoms with Gasteiger partial charge in [0.2, 0.25) is 0 Å². The molecule has 100 valence electrons. The van der Waals surface area contributed by atoms with Crippen molar-refractivity contribution >= 4 is 28.5 Å². The van der Waals surface area contributed by atoms with E-state index in [9.17, 15) is 0 Å². The Hall–Kier alpha value is -1.22. The van der Waals surface area contributed by atoms with E-state index in [4.69, 9.17) is 4.98 Å². The van der Waals surface area contributed by atoms with Crippen LogP contribution in [0.1, 0.15) is 26.2 Å². The third-order valence-corrected chi connectivity index (χ3v) is 4.97. The summed E-state index contributed by atoms with van der Waals surface area (Å²) in [7, 11) is 0. The molecule has 1 aliphatic rings. The van der Waals surface area contributed by atoms with Gasteiger partial charge in [0.25, 0.3) is 0 Å². The van der Waals surface area contributed by atoms with Crippen molar-refractivity contribution in [2.24, 2.45) is 0 Å². The Balaban J connectivity index is 1.68. The maximum Gasteiger partial charge on any atom is 0.126 e. The highest BCUT2D eigenvalue weighted by Crippen LogP contribution is 2.31. The van der Waals surface area contributed by atoms with Gasteiger partial charge in [0, 0.05) is 16.7 Å². The molecule has 2 aromatic rings. The molecule has 0 radical (unpaired) electrons. The number of para-hydroxylation sites is 1. The normalized spacial score (nSPS) is 22.8. The van der Waals surface area contributed by atoms with Crippen LogP contribution in [0.4, 0.5) is 5.82 Å². The molecule has 0 saturated heterocycles. The van der Waals surface area contributed by atoms with Gasteiger partial charge in [-0.15, -0.1) is 0 Å². The summed E-state index contributed by atoms with van der Waals surface area (Å²) < 4.78 is 0. The zero-order valence-electron chi connectivity index (χ0n) is 11.3. The highest BCUT2D eigenvalue weighted by atomic mass is 32.2. The molecule has 19 heavy (non-hydrogen) atoms. The summed E-state index contributed by atoms with van der Waals surface area (Å²) in [4.78, 5) is 4.69. The minimum Gasteiger partial charge on any atom is -0.367 e. The molecule has 3 rings (SSSR count). The molecule has 3 heteroatoms. The molecule has 1 aromatic heterocycles. The first-order valence-corrected chi connectivity index (χ1v) is 8.14. The van der Waals surface area contributed by atoms with Crippen LogP contribution in [0.2, 0.25) is 0 Å². The summed E-state index contributed by atoms with van der Waals surface area (Å²) in [5, 5.41) is 5.64. The Morgan fingerprint density at radius 2 is 2.11 bits per heavy atom. The van der Waals surface area contributed by atoms with Crippen molar-refractivity contribution in [1.29, 1.82) is 0 Å². The van der Waals surface area contributed by atoms with Crippen molar-refractivity contribution in [3.8, 4) is 0 Å². The summed E-state index contributed by atoms with van der Waals surface area (Å²) in [5.41, 5.74) is 1.07. The smallest absolute Gasteiger partial charge is 0.126 e. The third kappa shape index (κ3) is 3.03. The van der Waals surface area contributed by atoms with E-state index in [2.05, 4.69) is 54.3 Å². The number of nitrogens with zero attached hydrogens (tertiary/aromatic N) is 1. The molecular formula is C16H20N2S. The summed E-state index contributed by atoms with van der Waals surface area (Å²) in [6, 6.07) is 13.1. The van der Waals surface area contributed by atoms with E-state index in [-0.39, 0.29) is 0 Å². The molecule has 1 aromatic carbocycles. The van der Waals surface area contributed by atoms with E-state index in [0.29, 0.717) is 6.04 Å². The number of nitrogens with one attached hydrogen (secondary N) is 1. The topological polar surface area (TPSA) is 24.9 Å². The van der Waals surface area contributed by atoms with E-state index in [0.717, 1.165) is 16.6 Å². The first-order chi connectivity index (χ1) is 9.35. The fraction of sp³-hybridized carbons (Fsp3) is 0.438. The molecule has 0 bridgehead atoms. The average molecular weight is 272 g/mol. The molecule has 1 aliphatic carbocycles. The van der Waals surface area contributed by atoms with Gasteiger partial charge in [-0.05, 0) is 43.2 Å². The zero-order valence-corrected chi connectivity index (χ0v) is 12.1. The lowest BCUT2D eigenvalue weighted by molar-refractivity contribution is 0.753. The van der Waals surface area contributed by atoms with E-state index in [1.54, 1.807) is 0 Å². The molecule has 0 spiro atoms. The number of thioether (sulfide) groups is 1. The van der Waals surface area contributed by atoms with Crippen molar-refractivity contribution < 1.29 is 0 Å². The van der Waals surface area contributed by atoms with E-state index in [1.807, 2.05) is 6.07 Å². The Bertz CT molecular complexity index is 555. The summed E-state index contributed by atoms with van der Waals surface area (Å²) >= 11 is 2.10. The van der Waals surface area contributed by atoms with Gasteiger partial charge >= 0.3 is 0 Å². The quantitative estimate of drug-likeness (QED) is 0.897. The minimum atomic E-state index is 0.595. The van der Waals surface area contributed by atoms with E-state index >= 15 is 0 Å². The molecule has 0 aliphatic heterocycles. The van der Waals surface area contributed by atoms with Gasteiger partial charge in [-0.3, -0.25) is 0 Å². The van der Waals surface area contributed by atoms with Gasteiger partial charge in [-0.25, -0.2) is 4.98 Å². The third-order valence-electron chi connectivity index (χ3n) is 3.74. The Morgan fingerprint density at radius 1 is 1.21 bits per heavy atom. The maximum absolute atomic E-state index is 4.69. The monoisotopic (exact) mass is 272 g/mol. The van der Waals surface area contributed by atoms with Crippen molar-refractivity contribution in [3.63, 3.8) is 0 Å². The first-order valence-electron chi connectivity index (χ1n) is 7.09. The number of hydrogen-bond acceptors (Lipinski definition) is 3. The summed E-state index contributed by atoms with van der Waals surface area (Å²) in [6.07, 6.45) is 3.88. The lowest BCUT2D eigenvalue weighted by Gasteiger charge is -2.14. The average Bonchev–Trinajstić information content (AvgIpc) is 2.86. The van der Waals surface area contributed by atoms with Gasteiger partial charge in [-0.2, -0.15) is 11.8 Å². The Labute approximate surface area is 119 Å². The highest BCUT2D eigenvalue weighted by molar-refractivity contribution is 7.99. The van der Waals surface area contributed by atoms with Crippen LogP contribution in [0.3, 0.4) is 0 Å². The first kappa shape index (κ1) is 12.8. The Morgan fingerprint density at radius 3 is 3.00 bits per heavy atom. The minimum absolute atomic E-state index is 0.595. The predicted octanol–water partition coefficient (Wildman–Crippen LogP) is 4.32. The molecule has 1 saturated carbocycles. The van der Waals surface area contributed by atoms with Gasteiger partial charge in [0.05, 0.1) is 5.52 Å². The van der Waals surface area contributed by atoms with Crippen molar-refractivity contribution in [2.75, 3.05) is 11.1 Å². The van der Waals surface area contributed by atoms with Crippen molar-refractivity contribution in [3.05, 3.63) is 36.4 Å². The van der Waals surface area contributed by atoms with Crippen LogP contribution in [-0.2, 0) is 0 Å². The number of rotatable bonds is 4. The molecule has 2 nitrogen and oxygen atoms in total. The van der Waals surface area contributed by atoms with Crippen LogP contribution in [0.15, 0.2) is 36.4 Å². The predicted molar refractivity (Wildman–Crippen MR) is 84.9 cm³/mol. The molecule has 1 fully saturated rings. The van der Waals surface area contributed by atoms with Crippen LogP contribution in [-0.4, -0.2) is 22.0 Å². The number of hydrogen-bond donors (Lipinski definition) is 1. The number of pyridine rings is 1. The molecule has 1 N–H and O–H groups in total. The number of benzene rings is 1. The lowest BCUT2D eigenvalue weighted by atomic mass is 10.2.